The summed E-state index contributed by atoms with van der Waals surface area (Å²) in [5, 5.41) is 1.34. The third kappa shape index (κ3) is 4.03. The summed E-state index contributed by atoms with van der Waals surface area (Å²) in [6.45, 7) is 0. The van der Waals surface area contributed by atoms with Gasteiger partial charge >= 0.3 is 0 Å². The molecule has 1 heterocycles. The molecule has 5 nitrogen and oxygen atoms in total. The largest absolute Gasteiger partial charge is 0.268 e. The Labute approximate surface area is 183 Å². The first kappa shape index (κ1) is 20.3. The van der Waals surface area contributed by atoms with E-state index < -0.39 is 15.9 Å². The smallest absolute Gasteiger partial charge is 0.266 e. The Morgan fingerprint density at radius 2 is 1.67 bits per heavy atom. The van der Waals surface area contributed by atoms with Crippen molar-refractivity contribution in [2.75, 3.05) is 0 Å². The zero-order chi connectivity index (χ0) is 21.3. The molecule has 0 unspecified atom stereocenters. The van der Waals surface area contributed by atoms with Crippen LogP contribution in [0.3, 0.4) is 0 Å². The fourth-order valence-electron chi connectivity index (χ4n) is 3.08. The number of carbonyl (C=O) groups excluding carboxylic acids is 1. The molecule has 0 spiro atoms. The second-order valence-corrected chi connectivity index (χ2v) is 8.99. The van der Waals surface area contributed by atoms with Crippen molar-refractivity contribution < 1.29 is 13.2 Å². The number of para-hydroxylation sites is 1. The molecule has 0 atom stereocenters. The summed E-state index contributed by atoms with van der Waals surface area (Å²) in [6.07, 6.45) is 1.68. The van der Waals surface area contributed by atoms with E-state index in [1.54, 1.807) is 18.3 Å². The summed E-state index contributed by atoms with van der Waals surface area (Å²) in [5.41, 5.74) is 2.22. The van der Waals surface area contributed by atoms with Gasteiger partial charge in [-0.1, -0.05) is 59.6 Å². The summed E-state index contributed by atoms with van der Waals surface area (Å²) < 4.78 is 27.7. The van der Waals surface area contributed by atoms with Crippen LogP contribution in [0.5, 0.6) is 0 Å². The highest BCUT2D eigenvalue weighted by Crippen LogP contribution is 2.29. The predicted octanol–water partition coefficient (Wildman–Crippen LogP) is 5.33. The minimum absolute atomic E-state index is 0.0130. The molecule has 0 saturated heterocycles. The Morgan fingerprint density at radius 1 is 0.900 bits per heavy atom. The molecule has 3 aromatic carbocycles. The number of halogens is 2. The van der Waals surface area contributed by atoms with E-state index in [2.05, 4.69) is 9.71 Å². The highest BCUT2D eigenvalue weighted by molar-refractivity contribution is 7.90. The standard InChI is InChI=1S/C22H14Cl2N2O3S/c23-16-9-10-19(20(24)13-16)22(27)26-30(28,29)17-7-1-5-15(12-17)18-8-2-4-14-6-3-11-25-21(14)18/h1-13H,(H,26,27). The number of hydrogen-bond acceptors (Lipinski definition) is 4. The molecule has 1 amide bonds. The lowest BCUT2D eigenvalue weighted by Gasteiger charge is -2.11. The Balaban J connectivity index is 1.70. The van der Waals surface area contributed by atoms with Crippen LogP contribution in [0.2, 0.25) is 10.0 Å². The van der Waals surface area contributed by atoms with Crippen LogP contribution in [0, 0.1) is 0 Å². The van der Waals surface area contributed by atoms with E-state index in [1.165, 1.54) is 30.3 Å². The van der Waals surface area contributed by atoms with Gasteiger partial charge in [-0.25, -0.2) is 13.1 Å². The van der Waals surface area contributed by atoms with Gasteiger partial charge in [0.15, 0.2) is 0 Å². The molecule has 0 saturated carbocycles. The zero-order valence-corrected chi connectivity index (χ0v) is 17.7. The molecule has 150 valence electrons. The fourth-order valence-corrected chi connectivity index (χ4v) is 4.58. The topological polar surface area (TPSA) is 76.1 Å². The van der Waals surface area contributed by atoms with Crippen molar-refractivity contribution in [2.45, 2.75) is 4.90 Å². The van der Waals surface area contributed by atoms with Crippen molar-refractivity contribution >= 4 is 50.0 Å². The van der Waals surface area contributed by atoms with Gasteiger partial charge in [-0.15, -0.1) is 0 Å². The molecule has 1 N–H and O–H groups in total. The third-order valence-corrected chi connectivity index (χ3v) is 6.37. The first-order valence-electron chi connectivity index (χ1n) is 8.81. The summed E-state index contributed by atoms with van der Waals surface area (Å²) in [7, 11) is -4.13. The maximum absolute atomic E-state index is 12.8. The molecular formula is C22H14Cl2N2O3S. The molecule has 0 fully saturated rings. The number of aromatic nitrogens is 1. The number of benzene rings is 3. The van der Waals surface area contributed by atoms with Crippen LogP contribution in [-0.4, -0.2) is 19.3 Å². The molecule has 1 aromatic heterocycles. The van der Waals surface area contributed by atoms with Crippen molar-refractivity contribution in [3.05, 3.63) is 94.6 Å². The summed E-state index contributed by atoms with van der Waals surface area (Å²) in [5.74, 6) is -0.839. The van der Waals surface area contributed by atoms with Crippen molar-refractivity contribution in [3.8, 4) is 11.1 Å². The number of hydrogen-bond donors (Lipinski definition) is 1. The molecule has 4 aromatic rings. The van der Waals surface area contributed by atoms with Gasteiger partial charge in [-0.3, -0.25) is 9.78 Å². The molecular weight excluding hydrogens is 443 g/mol. The second kappa shape index (κ2) is 8.07. The SMILES string of the molecule is O=C(NS(=O)(=O)c1cccc(-c2cccc3cccnc23)c1)c1ccc(Cl)cc1Cl. The van der Waals surface area contributed by atoms with Crippen molar-refractivity contribution in [2.24, 2.45) is 0 Å². The van der Waals surface area contributed by atoms with Gasteiger partial charge in [0.05, 0.1) is 21.0 Å². The number of amides is 1. The normalized spacial score (nSPS) is 11.4. The average Bonchev–Trinajstić information content (AvgIpc) is 2.73. The lowest BCUT2D eigenvalue weighted by Crippen LogP contribution is -2.30. The minimum atomic E-state index is -4.13. The van der Waals surface area contributed by atoms with Gasteiger partial charge in [-0.05, 0) is 42.0 Å². The second-order valence-electron chi connectivity index (χ2n) is 6.47. The lowest BCUT2D eigenvalue weighted by molar-refractivity contribution is 0.0981. The van der Waals surface area contributed by atoms with E-state index in [0.717, 1.165) is 16.5 Å². The Bertz CT molecular complexity index is 1380. The average molecular weight is 457 g/mol. The Hall–Kier alpha value is -2.93. The van der Waals surface area contributed by atoms with Crippen LogP contribution in [0.25, 0.3) is 22.0 Å². The van der Waals surface area contributed by atoms with Crippen molar-refractivity contribution in [1.29, 1.82) is 0 Å². The van der Waals surface area contributed by atoms with Crippen LogP contribution >= 0.6 is 23.2 Å². The summed E-state index contributed by atoms with van der Waals surface area (Å²) >= 11 is 11.8. The van der Waals surface area contributed by atoms with E-state index >= 15 is 0 Å². The van der Waals surface area contributed by atoms with E-state index in [-0.39, 0.29) is 15.5 Å². The van der Waals surface area contributed by atoms with Gasteiger partial charge < -0.3 is 0 Å². The van der Waals surface area contributed by atoms with E-state index in [0.29, 0.717) is 10.6 Å². The number of pyridine rings is 1. The van der Waals surface area contributed by atoms with Crippen LogP contribution < -0.4 is 4.72 Å². The quantitative estimate of drug-likeness (QED) is 0.450. The number of nitrogens with zero attached hydrogens (tertiary/aromatic N) is 1. The summed E-state index contributed by atoms with van der Waals surface area (Å²) in [6, 6.07) is 20.0. The monoisotopic (exact) mass is 456 g/mol. The number of rotatable bonds is 4. The van der Waals surface area contributed by atoms with Crippen molar-refractivity contribution in [3.63, 3.8) is 0 Å². The Morgan fingerprint density at radius 3 is 2.47 bits per heavy atom. The first-order chi connectivity index (χ1) is 14.3. The number of nitrogens with one attached hydrogen (secondary N) is 1. The molecule has 0 aliphatic carbocycles. The third-order valence-electron chi connectivity index (χ3n) is 4.49. The van der Waals surface area contributed by atoms with E-state index in [9.17, 15) is 13.2 Å². The maximum atomic E-state index is 12.8. The van der Waals surface area contributed by atoms with Gasteiger partial charge in [0.2, 0.25) is 0 Å². The van der Waals surface area contributed by atoms with Crippen LogP contribution in [0.1, 0.15) is 10.4 Å². The molecule has 0 bridgehead atoms. The van der Waals surface area contributed by atoms with E-state index in [4.69, 9.17) is 23.2 Å². The number of carbonyl (C=O) groups is 1. The van der Waals surface area contributed by atoms with Crippen LogP contribution in [0.4, 0.5) is 0 Å². The molecule has 8 heteroatoms. The molecule has 0 aliphatic rings. The molecule has 30 heavy (non-hydrogen) atoms. The van der Waals surface area contributed by atoms with Gasteiger partial charge in [-0.2, -0.15) is 0 Å². The first-order valence-corrected chi connectivity index (χ1v) is 11.1. The predicted molar refractivity (Wildman–Crippen MR) is 118 cm³/mol. The van der Waals surface area contributed by atoms with Crippen LogP contribution in [-0.2, 0) is 10.0 Å². The maximum Gasteiger partial charge on any atom is 0.266 e. The van der Waals surface area contributed by atoms with E-state index in [1.807, 2.05) is 30.3 Å². The van der Waals surface area contributed by atoms with Gasteiger partial charge in [0.1, 0.15) is 0 Å². The molecule has 0 radical (unpaired) electrons. The highest BCUT2D eigenvalue weighted by Gasteiger charge is 2.21. The van der Waals surface area contributed by atoms with Gasteiger partial charge in [0, 0.05) is 22.2 Å². The fraction of sp³-hybridized carbons (Fsp3) is 0. The summed E-state index contributed by atoms with van der Waals surface area (Å²) in [4.78, 5) is 16.8. The number of fused-ring (bicyclic) bond motifs is 1. The zero-order valence-electron chi connectivity index (χ0n) is 15.3. The highest BCUT2D eigenvalue weighted by atomic mass is 35.5. The Kier molecular flexibility index (Phi) is 5.47. The lowest BCUT2D eigenvalue weighted by atomic mass is 10.0. The molecule has 0 aliphatic heterocycles. The number of sulfonamides is 1. The van der Waals surface area contributed by atoms with Crippen LogP contribution in [0.15, 0.2) is 83.9 Å². The van der Waals surface area contributed by atoms with Gasteiger partial charge in [0.25, 0.3) is 15.9 Å². The minimum Gasteiger partial charge on any atom is -0.268 e. The van der Waals surface area contributed by atoms with Crippen molar-refractivity contribution in [1.82, 2.24) is 9.71 Å². The molecule has 4 rings (SSSR count).